The maximum atomic E-state index is 10.4. The Kier molecular flexibility index (Phi) is 4.43. The van der Waals surface area contributed by atoms with Crippen molar-refractivity contribution in [3.63, 3.8) is 0 Å². The number of H-pyrrole nitrogens is 2. The fraction of sp³-hybridized carbons (Fsp3) is 0.0588. The number of nitriles is 1. The first kappa shape index (κ1) is 16.4. The highest BCUT2D eigenvalue weighted by molar-refractivity contribution is 7.99. The molecule has 0 spiro atoms. The van der Waals surface area contributed by atoms with Crippen LogP contribution in [0.1, 0.15) is 5.82 Å². The number of hydrogen-bond donors (Lipinski definition) is 3. The number of aromatic nitrogens is 5. The second-order valence-electron chi connectivity index (χ2n) is 5.27. The van der Waals surface area contributed by atoms with Crippen molar-refractivity contribution >= 4 is 39.7 Å². The zero-order chi connectivity index (χ0) is 17.9. The summed E-state index contributed by atoms with van der Waals surface area (Å²) >= 11 is 2.81. The molecule has 4 rings (SSSR count). The molecule has 0 saturated heterocycles. The molecule has 4 aromatic rings. The third kappa shape index (κ3) is 3.20. The normalized spacial score (nSPS) is 12.1. The summed E-state index contributed by atoms with van der Waals surface area (Å²) in [5.74, 6) is 1.13. The Morgan fingerprint density at radius 2 is 2.12 bits per heavy atom. The summed E-state index contributed by atoms with van der Waals surface area (Å²) in [6.45, 7) is 0. The van der Waals surface area contributed by atoms with Crippen molar-refractivity contribution in [3.8, 4) is 16.8 Å². The first-order chi connectivity index (χ1) is 12.7. The molecule has 1 aromatic carbocycles. The van der Waals surface area contributed by atoms with Gasteiger partial charge in [0.2, 0.25) is 5.16 Å². The minimum Gasteiger partial charge on any atom is -0.510 e. The van der Waals surface area contributed by atoms with E-state index in [0.717, 1.165) is 15.9 Å². The summed E-state index contributed by atoms with van der Waals surface area (Å²) in [7, 11) is 0. The van der Waals surface area contributed by atoms with Gasteiger partial charge in [0, 0.05) is 0 Å². The smallest absolute Gasteiger partial charge is 0.209 e. The van der Waals surface area contributed by atoms with Crippen LogP contribution >= 0.6 is 23.1 Å². The molecular weight excluding hydrogens is 368 g/mol. The summed E-state index contributed by atoms with van der Waals surface area (Å²) in [5, 5.41) is 29.2. The van der Waals surface area contributed by atoms with Gasteiger partial charge in [-0.2, -0.15) is 5.26 Å². The molecule has 3 N–H and O–H groups in total. The fourth-order valence-corrected chi connectivity index (χ4v) is 3.70. The van der Waals surface area contributed by atoms with Crippen molar-refractivity contribution in [3.05, 3.63) is 53.4 Å². The van der Waals surface area contributed by atoms with Crippen molar-refractivity contribution in [2.45, 2.75) is 5.16 Å². The van der Waals surface area contributed by atoms with Crippen LogP contribution in [0.25, 0.3) is 27.3 Å². The van der Waals surface area contributed by atoms with Crippen LogP contribution < -0.4 is 0 Å². The van der Waals surface area contributed by atoms with Crippen LogP contribution in [0.3, 0.4) is 0 Å². The maximum Gasteiger partial charge on any atom is 0.209 e. The molecular formula is C17H12N6OS2. The topological polar surface area (TPSA) is 114 Å². The standard InChI is InChI=1S/C17H12N6OS2/c18-8-10(15-19-11-4-1-2-5-12(11)20-15)13(24)9-26-17-21-16(22-23-17)14-6-3-7-25-14/h1-7,24H,9H2,(H,19,20)(H,21,22,23). The number of hydrogen-bond acceptors (Lipinski definition) is 7. The van der Waals surface area contributed by atoms with Crippen molar-refractivity contribution in [1.82, 2.24) is 25.1 Å². The monoisotopic (exact) mass is 380 g/mol. The van der Waals surface area contributed by atoms with Crippen molar-refractivity contribution in [2.24, 2.45) is 0 Å². The van der Waals surface area contributed by atoms with Gasteiger partial charge < -0.3 is 10.1 Å². The third-order valence-corrected chi connectivity index (χ3v) is 5.32. The fourth-order valence-electron chi connectivity index (χ4n) is 2.36. The Hall–Kier alpha value is -3.09. The summed E-state index contributed by atoms with van der Waals surface area (Å²) in [5.41, 5.74) is 1.67. The van der Waals surface area contributed by atoms with E-state index in [1.54, 1.807) is 11.3 Å². The number of para-hydroxylation sites is 2. The van der Waals surface area contributed by atoms with Crippen molar-refractivity contribution in [1.29, 1.82) is 5.26 Å². The van der Waals surface area contributed by atoms with Gasteiger partial charge in [-0.25, -0.2) is 9.97 Å². The van der Waals surface area contributed by atoms with Gasteiger partial charge >= 0.3 is 0 Å². The molecule has 0 aliphatic carbocycles. The number of benzene rings is 1. The number of aliphatic hydroxyl groups is 1. The van der Waals surface area contributed by atoms with Gasteiger partial charge in [0.15, 0.2) is 11.6 Å². The lowest BCUT2D eigenvalue weighted by atomic mass is 10.2. The van der Waals surface area contributed by atoms with Gasteiger partial charge in [-0.1, -0.05) is 30.0 Å². The molecule has 0 aliphatic rings. The van der Waals surface area contributed by atoms with Gasteiger partial charge in [-0.05, 0) is 23.6 Å². The zero-order valence-corrected chi connectivity index (χ0v) is 14.9. The predicted molar refractivity (Wildman–Crippen MR) is 102 cm³/mol. The molecule has 0 amide bonds. The van der Waals surface area contributed by atoms with Crippen molar-refractivity contribution in [2.75, 3.05) is 5.75 Å². The molecule has 7 nitrogen and oxygen atoms in total. The zero-order valence-electron chi connectivity index (χ0n) is 13.3. The van der Waals surface area contributed by atoms with E-state index in [9.17, 15) is 10.4 Å². The lowest BCUT2D eigenvalue weighted by Crippen LogP contribution is -1.95. The Morgan fingerprint density at radius 1 is 1.23 bits per heavy atom. The molecule has 0 radical (unpaired) electrons. The largest absolute Gasteiger partial charge is 0.510 e. The maximum absolute atomic E-state index is 10.4. The number of thioether (sulfide) groups is 1. The average molecular weight is 380 g/mol. The van der Waals surface area contributed by atoms with E-state index < -0.39 is 0 Å². The molecule has 0 unspecified atom stereocenters. The molecule has 0 aliphatic heterocycles. The molecule has 0 atom stereocenters. The van der Waals surface area contributed by atoms with Gasteiger partial charge in [-0.3, -0.25) is 5.10 Å². The molecule has 0 saturated carbocycles. The van der Waals surface area contributed by atoms with E-state index >= 15 is 0 Å². The van der Waals surface area contributed by atoms with Gasteiger partial charge in [0.25, 0.3) is 0 Å². The Bertz CT molecular complexity index is 1090. The van der Waals surface area contributed by atoms with Crippen LogP contribution in [0, 0.1) is 11.3 Å². The van der Waals surface area contributed by atoms with E-state index in [4.69, 9.17) is 0 Å². The first-order valence-electron chi connectivity index (χ1n) is 7.61. The summed E-state index contributed by atoms with van der Waals surface area (Å²) < 4.78 is 0. The highest BCUT2D eigenvalue weighted by Gasteiger charge is 2.15. The van der Waals surface area contributed by atoms with E-state index in [1.165, 1.54) is 11.8 Å². The van der Waals surface area contributed by atoms with E-state index in [2.05, 4.69) is 25.1 Å². The molecule has 3 heterocycles. The predicted octanol–water partition coefficient (Wildman–Crippen LogP) is 3.99. The third-order valence-electron chi connectivity index (χ3n) is 3.58. The van der Waals surface area contributed by atoms with Crippen LogP contribution in [-0.4, -0.2) is 36.0 Å². The minimum atomic E-state index is -0.0703. The number of rotatable bonds is 5. The quantitative estimate of drug-likeness (QED) is 0.274. The second-order valence-corrected chi connectivity index (χ2v) is 7.16. The number of nitrogens with one attached hydrogen (secondary N) is 2. The van der Waals surface area contributed by atoms with E-state index in [1.807, 2.05) is 47.8 Å². The minimum absolute atomic E-state index is 0.0703. The number of aromatic amines is 2. The van der Waals surface area contributed by atoms with Crippen LogP contribution in [0.4, 0.5) is 0 Å². The highest BCUT2D eigenvalue weighted by atomic mass is 32.2. The average Bonchev–Trinajstić information content (AvgIpc) is 3.39. The van der Waals surface area contributed by atoms with Gasteiger partial charge in [0.05, 0.1) is 21.7 Å². The number of imidazole rings is 1. The number of allylic oxidation sites excluding steroid dienone is 1. The van der Waals surface area contributed by atoms with Crippen molar-refractivity contribution < 1.29 is 5.11 Å². The molecule has 0 bridgehead atoms. The van der Waals surface area contributed by atoms with E-state index in [0.29, 0.717) is 16.8 Å². The SMILES string of the molecule is N#CC(=C(O)CSc1n[nH]c(-c2cccs2)n1)c1nc2ccccc2[nH]1. The number of fused-ring (bicyclic) bond motifs is 1. The molecule has 9 heteroatoms. The van der Waals surface area contributed by atoms with Gasteiger partial charge in [0.1, 0.15) is 17.4 Å². The van der Waals surface area contributed by atoms with Crippen LogP contribution in [0.5, 0.6) is 0 Å². The first-order valence-corrected chi connectivity index (χ1v) is 9.47. The molecule has 26 heavy (non-hydrogen) atoms. The number of aliphatic hydroxyl groups excluding tert-OH is 1. The van der Waals surface area contributed by atoms with Crippen LogP contribution in [-0.2, 0) is 0 Å². The molecule has 128 valence electrons. The summed E-state index contributed by atoms with van der Waals surface area (Å²) in [4.78, 5) is 12.8. The van der Waals surface area contributed by atoms with Crippen LogP contribution in [0.15, 0.2) is 52.7 Å². The number of nitrogens with zero attached hydrogens (tertiary/aromatic N) is 4. The molecule has 3 aromatic heterocycles. The summed E-state index contributed by atoms with van der Waals surface area (Å²) in [6, 6.07) is 13.4. The van der Waals surface area contributed by atoms with Gasteiger partial charge in [-0.15, -0.1) is 16.4 Å². The summed E-state index contributed by atoms with van der Waals surface area (Å²) in [6.07, 6.45) is 0. The lowest BCUT2D eigenvalue weighted by Gasteiger charge is -2.00. The highest BCUT2D eigenvalue weighted by Crippen LogP contribution is 2.25. The molecule has 0 fully saturated rings. The van der Waals surface area contributed by atoms with E-state index in [-0.39, 0.29) is 17.1 Å². The lowest BCUT2D eigenvalue weighted by molar-refractivity contribution is 0.420. The number of thiophene rings is 1. The Labute approximate surface area is 156 Å². The Morgan fingerprint density at radius 3 is 2.88 bits per heavy atom. The second kappa shape index (κ2) is 7.03. The Balaban J connectivity index is 1.53. The van der Waals surface area contributed by atoms with Crippen LogP contribution in [0.2, 0.25) is 0 Å².